The highest BCUT2D eigenvalue weighted by Crippen LogP contribution is 2.31. The molecule has 4 N–H and O–H groups in total. The van der Waals surface area contributed by atoms with Gasteiger partial charge in [-0.15, -0.1) is 0 Å². The van der Waals surface area contributed by atoms with Gasteiger partial charge >= 0.3 is 0 Å². The van der Waals surface area contributed by atoms with Crippen LogP contribution in [0.5, 0.6) is 0 Å². The van der Waals surface area contributed by atoms with Crippen molar-refractivity contribution in [1.29, 1.82) is 0 Å². The van der Waals surface area contributed by atoms with Gasteiger partial charge in [0, 0.05) is 18.1 Å². The van der Waals surface area contributed by atoms with E-state index in [1.807, 2.05) is 6.07 Å². The van der Waals surface area contributed by atoms with E-state index < -0.39 is 0 Å². The molecule has 0 spiro atoms. The molecule has 0 saturated carbocycles. The highest BCUT2D eigenvalue weighted by Gasteiger charge is 2.11. The van der Waals surface area contributed by atoms with Crippen molar-refractivity contribution in [3.8, 4) is 0 Å². The molecule has 0 aliphatic carbocycles. The molecule has 0 aromatic heterocycles. The molecule has 1 rings (SSSR count). The van der Waals surface area contributed by atoms with Crippen molar-refractivity contribution in [1.82, 2.24) is 5.32 Å². The molecule has 0 heterocycles. The van der Waals surface area contributed by atoms with E-state index in [0.29, 0.717) is 17.9 Å². The zero-order valence-corrected chi connectivity index (χ0v) is 10.1. The van der Waals surface area contributed by atoms with Gasteiger partial charge in [0.15, 0.2) is 0 Å². The average molecular weight is 257 g/mol. The molecule has 1 radical (unpaired) electrons. The first-order chi connectivity index (χ1) is 6.61. The van der Waals surface area contributed by atoms with Crippen LogP contribution in [0.3, 0.4) is 0 Å². The van der Waals surface area contributed by atoms with Gasteiger partial charge < -0.3 is 11.5 Å². The summed E-state index contributed by atoms with van der Waals surface area (Å²) in [5.41, 5.74) is 15.2. The van der Waals surface area contributed by atoms with Crippen molar-refractivity contribution < 1.29 is 0 Å². The van der Waals surface area contributed by atoms with Crippen molar-refractivity contribution in [2.75, 3.05) is 18.5 Å². The monoisotopic (exact) mass is 256 g/mol. The zero-order chi connectivity index (χ0) is 10.7. The summed E-state index contributed by atoms with van der Waals surface area (Å²) in [5, 5.41) is 4.10. The van der Waals surface area contributed by atoms with Gasteiger partial charge in [-0.25, -0.2) is 5.32 Å². The maximum absolute atomic E-state index is 5.91. The maximum atomic E-state index is 5.91. The molecule has 3 nitrogen and oxygen atoms in total. The molecule has 77 valence electrons. The predicted molar refractivity (Wildman–Crippen MR) is 64.1 cm³/mol. The number of hydrogen-bond donors (Lipinski definition) is 2. The Morgan fingerprint density at radius 3 is 2.50 bits per heavy atom. The second-order valence-corrected chi connectivity index (χ2v) is 4.00. The first-order valence-electron chi connectivity index (χ1n) is 4.52. The minimum atomic E-state index is 0.618. The molecule has 0 bridgehead atoms. The third kappa shape index (κ3) is 2.01. The number of hydrogen-bond acceptors (Lipinski definition) is 2. The summed E-state index contributed by atoms with van der Waals surface area (Å²) in [6.07, 6.45) is 0.927. The SMILES string of the molecule is CCc1c(Br)cc(N)c(N)c1C[N]C. The van der Waals surface area contributed by atoms with E-state index in [-0.39, 0.29) is 0 Å². The Balaban J connectivity index is 3.32. The smallest absolute Gasteiger partial charge is 0.0597 e. The second kappa shape index (κ2) is 4.66. The van der Waals surface area contributed by atoms with E-state index in [9.17, 15) is 0 Å². The molecule has 1 aromatic rings. The highest BCUT2D eigenvalue weighted by atomic mass is 79.9. The number of halogens is 1. The van der Waals surface area contributed by atoms with Crippen LogP contribution >= 0.6 is 15.9 Å². The molecule has 0 fully saturated rings. The molecule has 14 heavy (non-hydrogen) atoms. The van der Waals surface area contributed by atoms with Crippen LogP contribution in [0.4, 0.5) is 11.4 Å². The number of anilines is 2. The van der Waals surface area contributed by atoms with Crippen molar-refractivity contribution >= 4 is 27.3 Å². The number of nitrogens with two attached hydrogens (primary N) is 2. The fourth-order valence-corrected chi connectivity index (χ4v) is 2.27. The Hall–Kier alpha value is -0.740. The highest BCUT2D eigenvalue weighted by molar-refractivity contribution is 9.10. The van der Waals surface area contributed by atoms with E-state index in [0.717, 1.165) is 16.5 Å². The first kappa shape index (κ1) is 11.3. The molecule has 4 heteroatoms. The summed E-state index contributed by atoms with van der Waals surface area (Å²) in [4.78, 5) is 0. The van der Waals surface area contributed by atoms with Crippen LogP contribution in [-0.2, 0) is 13.0 Å². The van der Waals surface area contributed by atoms with Gasteiger partial charge in [-0.05, 0) is 23.6 Å². The van der Waals surface area contributed by atoms with Crippen molar-refractivity contribution in [3.05, 3.63) is 21.7 Å². The number of nitrogens with zero attached hydrogens (tertiary/aromatic N) is 1. The largest absolute Gasteiger partial charge is 0.397 e. The Labute approximate surface area is 93.0 Å². The maximum Gasteiger partial charge on any atom is 0.0597 e. The average Bonchev–Trinajstić information content (AvgIpc) is 2.14. The second-order valence-electron chi connectivity index (χ2n) is 3.15. The molecule has 0 unspecified atom stereocenters. The summed E-state index contributed by atoms with van der Waals surface area (Å²) >= 11 is 3.49. The Kier molecular flexibility index (Phi) is 3.77. The van der Waals surface area contributed by atoms with E-state index in [4.69, 9.17) is 11.5 Å². The van der Waals surface area contributed by atoms with Crippen LogP contribution in [0.1, 0.15) is 18.1 Å². The summed E-state index contributed by atoms with van der Waals surface area (Å²) < 4.78 is 1.02. The Morgan fingerprint density at radius 2 is 2.00 bits per heavy atom. The predicted octanol–water partition coefficient (Wildman–Crippen LogP) is 1.91. The van der Waals surface area contributed by atoms with Gasteiger partial charge in [0.25, 0.3) is 0 Å². The number of rotatable bonds is 3. The molecule has 0 aliphatic rings. The van der Waals surface area contributed by atoms with Crippen molar-refractivity contribution in [3.63, 3.8) is 0 Å². The standard InChI is InChI=1S/C10H15BrN3/c1-3-6-7(5-14-2)10(13)9(12)4-8(6)11/h4H,3,5,12-13H2,1-2H3. The van der Waals surface area contributed by atoms with Gasteiger partial charge in [-0.3, -0.25) is 0 Å². The topological polar surface area (TPSA) is 66.1 Å². The van der Waals surface area contributed by atoms with Gasteiger partial charge in [0.2, 0.25) is 0 Å². The van der Waals surface area contributed by atoms with E-state index >= 15 is 0 Å². The van der Waals surface area contributed by atoms with Crippen LogP contribution in [0, 0.1) is 0 Å². The van der Waals surface area contributed by atoms with Gasteiger partial charge in [0.1, 0.15) is 0 Å². The normalized spacial score (nSPS) is 10.5. The molecule has 0 amide bonds. The molecular formula is C10H15BrN3. The summed E-state index contributed by atoms with van der Waals surface area (Å²) in [6.45, 7) is 2.72. The van der Waals surface area contributed by atoms with E-state index in [2.05, 4.69) is 28.2 Å². The van der Waals surface area contributed by atoms with Gasteiger partial charge in [-0.2, -0.15) is 0 Å². The lowest BCUT2D eigenvalue weighted by Crippen LogP contribution is -2.08. The quantitative estimate of drug-likeness (QED) is 0.812. The van der Waals surface area contributed by atoms with E-state index in [1.165, 1.54) is 5.56 Å². The van der Waals surface area contributed by atoms with Crippen LogP contribution in [0.2, 0.25) is 0 Å². The number of benzene rings is 1. The van der Waals surface area contributed by atoms with Crippen LogP contribution < -0.4 is 16.8 Å². The minimum Gasteiger partial charge on any atom is -0.397 e. The first-order valence-corrected chi connectivity index (χ1v) is 5.31. The minimum absolute atomic E-state index is 0.618. The van der Waals surface area contributed by atoms with E-state index in [1.54, 1.807) is 7.05 Å². The van der Waals surface area contributed by atoms with Crippen molar-refractivity contribution in [2.24, 2.45) is 0 Å². The van der Waals surface area contributed by atoms with Crippen LogP contribution in [-0.4, -0.2) is 7.05 Å². The molecule has 0 aliphatic heterocycles. The van der Waals surface area contributed by atoms with Crippen LogP contribution in [0.25, 0.3) is 0 Å². The summed E-state index contributed by atoms with van der Waals surface area (Å²) in [5.74, 6) is 0. The van der Waals surface area contributed by atoms with Gasteiger partial charge in [0.05, 0.1) is 11.4 Å². The molecular weight excluding hydrogens is 242 g/mol. The zero-order valence-electron chi connectivity index (χ0n) is 8.47. The van der Waals surface area contributed by atoms with Crippen LogP contribution in [0.15, 0.2) is 10.5 Å². The molecule has 0 saturated heterocycles. The third-order valence-corrected chi connectivity index (χ3v) is 2.95. The summed E-state index contributed by atoms with van der Waals surface area (Å²) in [7, 11) is 1.77. The van der Waals surface area contributed by atoms with Crippen molar-refractivity contribution in [2.45, 2.75) is 19.9 Å². The lowest BCUT2D eigenvalue weighted by atomic mass is 10.0. The van der Waals surface area contributed by atoms with Gasteiger partial charge in [-0.1, -0.05) is 22.9 Å². The Morgan fingerprint density at radius 1 is 1.36 bits per heavy atom. The Bertz CT molecular complexity index is 337. The number of nitrogen functional groups attached to an aromatic ring is 2. The lowest BCUT2D eigenvalue weighted by molar-refractivity contribution is 0.790. The summed E-state index contributed by atoms with van der Waals surface area (Å²) in [6, 6.07) is 1.85. The fraction of sp³-hybridized carbons (Fsp3) is 0.400. The lowest BCUT2D eigenvalue weighted by Gasteiger charge is -2.14. The fourth-order valence-electron chi connectivity index (χ4n) is 1.50. The molecule has 0 atom stereocenters. The molecule has 1 aromatic carbocycles. The third-order valence-electron chi connectivity index (χ3n) is 2.24.